The van der Waals surface area contributed by atoms with E-state index in [9.17, 15) is 9.90 Å². The maximum absolute atomic E-state index is 12.0. The van der Waals surface area contributed by atoms with Crippen molar-refractivity contribution in [1.29, 1.82) is 0 Å². The van der Waals surface area contributed by atoms with Gasteiger partial charge in [0.2, 0.25) is 5.91 Å². The Morgan fingerprint density at radius 2 is 2.33 bits per heavy atom. The lowest BCUT2D eigenvalue weighted by Crippen LogP contribution is -2.45. The SMILES string of the molecule is Cc1ccn(CCC(=O)NC[C@]2(O)CCN(c3cnccn3)C2)n1. The molecule has 2 aromatic heterocycles. The normalized spacial score (nSPS) is 20.3. The van der Waals surface area contributed by atoms with Gasteiger partial charge in [-0.25, -0.2) is 4.98 Å². The van der Waals surface area contributed by atoms with Crippen molar-refractivity contribution in [2.75, 3.05) is 24.5 Å². The number of nitrogens with zero attached hydrogens (tertiary/aromatic N) is 5. The molecule has 1 fully saturated rings. The van der Waals surface area contributed by atoms with E-state index >= 15 is 0 Å². The van der Waals surface area contributed by atoms with Crippen LogP contribution in [-0.4, -0.2) is 56.0 Å². The van der Waals surface area contributed by atoms with Gasteiger partial charge in [-0.05, 0) is 19.4 Å². The molecule has 128 valence electrons. The van der Waals surface area contributed by atoms with Gasteiger partial charge >= 0.3 is 0 Å². The topological polar surface area (TPSA) is 96.2 Å². The number of anilines is 1. The van der Waals surface area contributed by atoms with Crippen LogP contribution in [0.4, 0.5) is 5.82 Å². The van der Waals surface area contributed by atoms with Gasteiger partial charge in [0.15, 0.2) is 0 Å². The fraction of sp³-hybridized carbons (Fsp3) is 0.500. The molecule has 3 heterocycles. The second-order valence-corrected chi connectivity index (χ2v) is 6.21. The van der Waals surface area contributed by atoms with Gasteiger partial charge < -0.3 is 15.3 Å². The van der Waals surface area contributed by atoms with Crippen molar-refractivity contribution in [3.8, 4) is 0 Å². The summed E-state index contributed by atoms with van der Waals surface area (Å²) in [6.45, 7) is 3.81. The second-order valence-electron chi connectivity index (χ2n) is 6.21. The summed E-state index contributed by atoms with van der Waals surface area (Å²) >= 11 is 0. The molecule has 0 radical (unpaired) electrons. The van der Waals surface area contributed by atoms with Crippen LogP contribution in [0.25, 0.3) is 0 Å². The molecule has 1 aliphatic rings. The summed E-state index contributed by atoms with van der Waals surface area (Å²) < 4.78 is 1.75. The van der Waals surface area contributed by atoms with Crippen LogP contribution in [0, 0.1) is 6.92 Å². The molecular formula is C16H22N6O2. The first-order valence-corrected chi connectivity index (χ1v) is 8.04. The average molecular weight is 330 g/mol. The highest BCUT2D eigenvalue weighted by molar-refractivity contribution is 5.75. The Bertz CT molecular complexity index is 689. The summed E-state index contributed by atoms with van der Waals surface area (Å²) in [4.78, 5) is 22.2. The highest BCUT2D eigenvalue weighted by Crippen LogP contribution is 2.24. The zero-order valence-corrected chi connectivity index (χ0v) is 13.7. The molecular weight excluding hydrogens is 308 g/mol. The molecule has 0 bridgehead atoms. The number of aliphatic hydroxyl groups is 1. The van der Waals surface area contributed by atoms with Crippen molar-refractivity contribution >= 4 is 11.7 Å². The van der Waals surface area contributed by atoms with Crippen molar-refractivity contribution in [1.82, 2.24) is 25.1 Å². The number of nitrogens with one attached hydrogen (secondary N) is 1. The van der Waals surface area contributed by atoms with Crippen LogP contribution < -0.4 is 10.2 Å². The van der Waals surface area contributed by atoms with Gasteiger partial charge in [0.25, 0.3) is 0 Å². The summed E-state index contributed by atoms with van der Waals surface area (Å²) in [5.41, 5.74) is -0.00470. The molecule has 0 unspecified atom stereocenters. The first-order chi connectivity index (χ1) is 11.5. The van der Waals surface area contributed by atoms with Crippen LogP contribution in [0.15, 0.2) is 30.9 Å². The zero-order valence-electron chi connectivity index (χ0n) is 13.7. The van der Waals surface area contributed by atoms with Crippen molar-refractivity contribution in [2.45, 2.75) is 31.9 Å². The van der Waals surface area contributed by atoms with E-state index in [1.165, 1.54) is 0 Å². The largest absolute Gasteiger partial charge is 0.386 e. The molecule has 1 amide bonds. The Labute approximate surface area is 140 Å². The Balaban J connectivity index is 1.45. The van der Waals surface area contributed by atoms with E-state index in [1.54, 1.807) is 23.3 Å². The third-order valence-corrected chi connectivity index (χ3v) is 4.16. The summed E-state index contributed by atoms with van der Waals surface area (Å²) in [5.74, 6) is 0.656. The molecule has 8 heteroatoms. The number of carbonyl (C=O) groups excluding carboxylic acids is 1. The number of carbonyl (C=O) groups is 1. The summed E-state index contributed by atoms with van der Waals surface area (Å²) in [7, 11) is 0. The van der Waals surface area contributed by atoms with E-state index in [2.05, 4.69) is 20.4 Å². The van der Waals surface area contributed by atoms with Gasteiger partial charge in [-0.2, -0.15) is 5.10 Å². The molecule has 1 atom stereocenters. The number of aromatic nitrogens is 4. The highest BCUT2D eigenvalue weighted by Gasteiger charge is 2.36. The molecule has 1 aliphatic heterocycles. The van der Waals surface area contributed by atoms with E-state index in [1.807, 2.05) is 24.1 Å². The van der Waals surface area contributed by atoms with Crippen molar-refractivity contribution in [3.63, 3.8) is 0 Å². The maximum atomic E-state index is 12.0. The standard InChI is InChI=1S/C16H22N6O2/c1-13-2-7-22(20-13)8-3-15(23)19-11-16(24)4-9-21(12-16)14-10-17-5-6-18-14/h2,5-7,10,24H,3-4,8-9,11-12H2,1H3,(H,19,23)/t16-/m1/s1. The van der Waals surface area contributed by atoms with E-state index < -0.39 is 5.60 Å². The molecule has 24 heavy (non-hydrogen) atoms. The minimum Gasteiger partial charge on any atom is -0.386 e. The molecule has 0 aliphatic carbocycles. The smallest absolute Gasteiger partial charge is 0.221 e. The number of amides is 1. The minimum atomic E-state index is -0.935. The number of β-amino-alcohol motifs (C(OH)–C–C–N with tert-alkyl or cyclic N) is 1. The molecule has 3 rings (SSSR count). The van der Waals surface area contributed by atoms with Gasteiger partial charge in [-0.1, -0.05) is 0 Å². The predicted octanol–water partition coefficient (Wildman–Crippen LogP) is 0.129. The Morgan fingerprint density at radius 3 is 3.04 bits per heavy atom. The third-order valence-electron chi connectivity index (χ3n) is 4.16. The van der Waals surface area contributed by atoms with E-state index in [0.29, 0.717) is 32.5 Å². The third kappa shape index (κ3) is 4.08. The molecule has 0 aromatic carbocycles. The van der Waals surface area contributed by atoms with Gasteiger partial charge in [-0.3, -0.25) is 14.5 Å². The van der Waals surface area contributed by atoms with Crippen LogP contribution in [0.2, 0.25) is 0 Å². The lowest BCUT2D eigenvalue weighted by molar-refractivity contribution is -0.122. The fourth-order valence-electron chi connectivity index (χ4n) is 2.81. The van der Waals surface area contributed by atoms with E-state index in [4.69, 9.17) is 0 Å². The summed E-state index contributed by atoms with van der Waals surface area (Å²) in [6, 6.07) is 1.90. The Kier molecular flexibility index (Phi) is 4.75. The van der Waals surface area contributed by atoms with E-state index in [-0.39, 0.29) is 12.5 Å². The lowest BCUT2D eigenvalue weighted by Gasteiger charge is -2.24. The highest BCUT2D eigenvalue weighted by atomic mass is 16.3. The fourth-order valence-corrected chi connectivity index (χ4v) is 2.81. The molecule has 1 saturated heterocycles. The Hall–Kier alpha value is -2.48. The maximum Gasteiger partial charge on any atom is 0.221 e. The molecule has 2 N–H and O–H groups in total. The van der Waals surface area contributed by atoms with Crippen molar-refractivity contribution < 1.29 is 9.90 Å². The lowest BCUT2D eigenvalue weighted by atomic mass is 10.0. The van der Waals surface area contributed by atoms with Crippen LogP contribution >= 0.6 is 0 Å². The first kappa shape index (κ1) is 16.4. The minimum absolute atomic E-state index is 0.0884. The summed E-state index contributed by atoms with van der Waals surface area (Å²) in [6.07, 6.45) is 7.70. The number of hydrogen-bond donors (Lipinski definition) is 2. The molecule has 0 spiro atoms. The summed E-state index contributed by atoms with van der Waals surface area (Å²) in [5, 5.41) is 17.7. The van der Waals surface area contributed by atoms with E-state index in [0.717, 1.165) is 11.5 Å². The van der Waals surface area contributed by atoms with Gasteiger partial charge in [0.1, 0.15) is 11.4 Å². The number of aryl methyl sites for hydroxylation is 2. The zero-order chi connectivity index (χ0) is 17.0. The van der Waals surface area contributed by atoms with Crippen LogP contribution in [-0.2, 0) is 11.3 Å². The average Bonchev–Trinajstić information content (AvgIpc) is 3.18. The molecule has 2 aromatic rings. The van der Waals surface area contributed by atoms with Crippen LogP contribution in [0.5, 0.6) is 0 Å². The van der Waals surface area contributed by atoms with Crippen LogP contribution in [0.3, 0.4) is 0 Å². The molecule has 0 saturated carbocycles. The van der Waals surface area contributed by atoms with Gasteiger partial charge in [0.05, 0.1) is 11.9 Å². The van der Waals surface area contributed by atoms with Crippen molar-refractivity contribution in [3.05, 3.63) is 36.5 Å². The molecule has 8 nitrogen and oxygen atoms in total. The predicted molar refractivity (Wildman–Crippen MR) is 88.4 cm³/mol. The van der Waals surface area contributed by atoms with Crippen LogP contribution in [0.1, 0.15) is 18.5 Å². The van der Waals surface area contributed by atoms with Crippen molar-refractivity contribution in [2.24, 2.45) is 0 Å². The monoisotopic (exact) mass is 330 g/mol. The first-order valence-electron chi connectivity index (χ1n) is 8.04. The van der Waals surface area contributed by atoms with Gasteiger partial charge in [-0.15, -0.1) is 0 Å². The quantitative estimate of drug-likeness (QED) is 0.781. The second kappa shape index (κ2) is 6.96. The number of rotatable bonds is 6. The van der Waals surface area contributed by atoms with Gasteiger partial charge in [0, 0.05) is 51.2 Å². The Morgan fingerprint density at radius 1 is 1.46 bits per heavy atom. The number of hydrogen-bond acceptors (Lipinski definition) is 6.